The van der Waals surface area contributed by atoms with Crippen LogP contribution < -0.4 is 5.73 Å². The second-order valence-electron chi connectivity index (χ2n) is 7.06. The van der Waals surface area contributed by atoms with Gasteiger partial charge in [-0.1, -0.05) is 12.1 Å². The number of hydrogen-bond donors (Lipinski definition) is 2. The highest BCUT2D eigenvalue weighted by Crippen LogP contribution is 2.24. The topological polar surface area (TPSA) is 87.9 Å². The normalized spacial score (nSPS) is 18.2. The lowest BCUT2D eigenvalue weighted by atomic mass is 9.92. The molecule has 3 N–H and O–H groups in total. The van der Waals surface area contributed by atoms with Gasteiger partial charge in [0, 0.05) is 35.9 Å². The maximum Gasteiger partial charge on any atom is 0.267 e. The Morgan fingerprint density at radius 1 is 1.31 bits per heavy atom. The Kier molecular flexibility index (Phi) is 4.67. The van der Waals surface area contributed by atoms with Gasteiger partial charge in [0.2, 0.25) is 0 Å². The Bertz CT molecular complexity index is 919. The molecule has 1 fully saturated rings. The van der Waals surface area contributed by atoms with Gasteiger partial charge < -0.3 is 10.7 Å². The summed E-state index contributed by atoms with van der Waals surface area (Å²) in [5.41, 5.74) is 9.06. The monoisotopic (exact) mass is 349 g/mol. The summed E-state index contributed by atoms with van der Waals surface area (Å²) in [4.78, 5) is 25.4. The zero-order chi connectivity index (χ0) is 17.9. The number of nitrogens with two attached hydrogens (primary N) is 1. The summed E-state index contributed by atoms with van der Waals surface area (Å²) in [5.74, 6) is 0.0309. The van der Waals surface area contributed by atoms with Crippen LogP contribution in [-0.4, -0.2) is 38.8 Å². The number of carbonyl (C=O) groups excluding carboxylic acids is 1. The summed E-state index contributed by atoms with van der Waals surface area (Å²) in [6.45, 7) is 3.12. The molecule has 3 heterocycles. The van der Waals surface area contributed by atoms with Crippen molar-refractivity contribution in [1.82, 2.24) is 19.9 Å². The highest BCUT2D eigenvalue weighted by atomic mass is 16.1. The number of primary amides is 1. The Labute approximate surface area is 152 Å². The SMILES string of the molecule is NC(=O)c1cc(CC2CCCN(Cc3cccc4[nH]ccc34)C2)ncn1. The molecule has 0 radical (unpaired) electrons. The fourth-order valence-electron chi connectivity index (χ4n) is 3.93. The minimum Gasteiger partial charge on any atom is -0.364 e. The molecule has 2 aromatic heterocycles. The highest BCUT2D eigenvalue weighted by Gasteiger charge is 2.21. The van der Waals surface area contributed by atoms with Gasteiger partial charge in [-0.15, -0.1) is 0 Å². The molecular weight excluding hydrogens is 326 g/mol. The first kappa shape index (κ1) is 16.7. The van der Waals surface area contributed by atoms with Gasteiger partial charge in [0.15, 0.2) is 0 Å². The molecule has 3 aromatic rings. The van der Waals surface area contributed by atoms with E-state index < -0.39 is 5.91 Å². The van der Waals surface area contributed by atoms with E-state index in [1.807, 2.05) is 6.20 Å². The molecule has 1 aromatic carbocycles. The number of nitrogens with one attached hydrogen (secondary N) is 1. The van der Waals surface area contributed by atoms with Gasteiger partial charge in [-0.25, -0.2) is 9.97 Å². The van der Waals surface area contributed by atoms with Crippen LogP contribution in [0.2, 0.25) is 0 Å². The van der Waals surface area contributed by atoms with E-state index in [2.05, 4.69) is 44.1 Å². The number of aromatic amines is 1. The predicted molar refractivity (Wildman–Crippen MR) is 101 cm³/mol. The van der Waals surface area contributed by atoms with Crippen LogP contribution in [0.25, 0.3) is 10.9 Å². The first-order chi connectivity index (χ1) is 12.7. The molecule has 1 amide bonds. The van der Waals surface area contributed by atoms with Gasteiger partial charge in [-0.3, -0.25) is 9.69 Å². The van der Waals surface area contributed by atoms with E-state index in [0.29, 0.717) is 11.6 Å². The number of H-pyrrole nitrogens is 1. The lowest BCUT2D eigenvalue weighted by Gasteiger charge is -2.32. The number of likely N-dealkylation sites (tertiary alicyclic amines) is 1. The maximum atomic E-state index is 11.3. The minimum absolute atomic E-state index is 0.293. The molecule has 1 saturated heterocycles. The van der Waals surface area contributed by atoms with Crippen molar-refractivity contribution in [3.05, 3.63) is 59.8 Å². The highest BCUT2D eigenvalue weighted by molar-refractivity contribution is 5.90. The van der Waals surface area contributed by atoms with Crippen molar-refractivity contribution in [3.63, 3.8) is 0 Å². The van der Waals surface area contributed by atoms with Crippen molar-refractivity contribution in [2.75, 3.05) is 13.1 Å². The molecule has 1 aliphatic heterocycles. The molecule has 0 bridgehead atoms. The van der Waals surface area contributed by atoms with E-state index in [-0.39, 0.29) is 0 Å². The average molecular weight is 349 g/mol. The van der Waals surface area contributed by atoms with Crippen LogP contribution in [0.3, 0.4) is 0 Å². The van der Waals surface area contributed by atoms with Crippen LogP contribution in [0.1, 0.15) is 34.6 Å². The maximum absolute atomic E-state index is 11.3. The summed E-state index contributed by atoms with van der Waals surface area (Å²) in [6, 6.07) is 10.3. The number of carbonyl (C=O) groups is 1. The van der Waals surface area contributed by atoms with Crippen molar-refractivity contribution in [2.45, 2.75) is 25.8 Å². The fourth-order valence-corrected chi connectivity index (χ4v) is 3.93. The second-order valence-corrected chi connectivity index (χ2v) is 7.06. The van der Waals surface area contributed by atoms with E-state index in [9.17, 15) is 4.79 Å². The van der Waals surface area contributed by atoms with Gasteiger partial charge in [0.25, 0.3) is 5.91 Å². The summed E-state index contributed by atoms with van der Waals surface area (Å²) in [7, 11) is 0. The number of amides is 1. The third-order valence-electron chi connectivity index (χ3n) is 5.16. The zero-order valence-corrected chi connectivity index (χ0v) is 14.7. The number of aromatic nitrogens is 3. The standard InChI is InChI=1S/C20H23N5O/c21-20(26)19-10-16(23-13-24-19)9-14-3-2-8-25(11-14)12-15-4-1-5-18-17(15)6-7-22-18/h1,4-7,10,13-14,22H,2-3,8-9,11-12H2,(H2,21,26). The molecule has 0 spiro atoms. The van der Waals surface area contributed by atoms with E-state index in [0.717, 1.165) is 31.7 Å². The zero-order valence-electron chi connectivity index (χ0n) is 14.7. The van der Waals surface area contributed by atoms with Gasteiger partial charge in [0.05, 0.1) is 0 Å². The van der Waals surface area contributed by atoms with Crippen LogP contribution in [0.4, 0.5) is 0 Å². The van der Waals surface area contributed by atoms with Crippen molar-refractivity contribution < 1.29 is 4.79 Å². The van der Waals surface area contributed by atoms with Crippen molar-refractivity contribution in [3.8, 4) is 0 Å². The van der Waals surface area contributed by atoms with E-state index in [4.69, 9.17) is 5.73 Å². The molecule has 0 saturated carbocycles. The second kappa shape index (κ2) is 7.25. The first-order valence-corrected chi connectivity index (χ1v) is 9.07. The number of nitrogens with zero attached hydrogens (tertiary/aromatic N) is 3. The van der Waals surface area contributed by atoms with Crippen LogP contribution in [0.15, 0.2) is 42.9 Å². The Hall–Kier alpha value is -2.73. The van der Waals surface area contributed by atoms with Crippen molar-refractivity contribution in [1.29, 1.82) is 0 Å². The molecule has 1 unspecified atom stereocenters. The molecule has 6 heteroatoms. The number of fused-ring (bicyclic) bond motifs is 1. The van der Waals surface area contributed by atoms with Gasteiger partial charge in [-0.05, 0) is 55.5 Å². The van der Waals surface area contributed by atoms with Crippen LogP contribution in [-0.2, 0) is 13.0 Å². The molecule has 6 nitrogen and oxygen atoms in total. The summed E-state index contributed by atoms with van der Waals surface area (Å²) in [6.07, 6.45) is 6.65. The summed E-state index contributed by atoms with van der Waals surface area (Å²) < 4.78 is 0. The Morgan fingerprint density at radius 3 is 3.12 bits per heavy atom. The molecule has 1 atom stereocenters. The Balaban J connectivity index is 1.43. The first-order valence-electron chi connectivity index (χ1n) is 9.07. The van der Waals surface area contributed by atoms with Crippen LogP contribution in [0, 0.1) is 5.92 Å². The smallest absolute Gasteiger partial charge is 0.267 e. The van der Waals surface area contributed by atoms with Crippen LogP contribution in [0.5, 0.6) is 0 Å². The number of rotatable bonds is 5. The molecule has 26 heavy (non-hydrogen) atoms. The quantitative estimate of drug-likeness (QED) is 0.741. The molecular formula is C20H23N5O. The van der Waals surface area contributed by atoms with Gasteiger partial charge in [-0.2, -0.15) is 0 Å². The number of hydrogen-bond acceptors (Lipinski definition) is 4. The Morgan fingerprint density at radius 2 is 2.23 bits per heavy atom. The third-order valence-corrected chi connectivity index (χ3v) is 5.16. The average Bonchev–Trinajstić information content (AvgIpc) is 3.12. The summed E-state index contributed by atoms with van der Waals surface area (Å²) >= 11 is 0. The van der Waals surface area contributed by atoms with Crippen LogP contribution >= 0.6 is 0 Å². The fraction of sp³-hybridized carbons (Fsp3) is 0.350. The van der Waals surface area contributed by atoms with E-state index >= 15 is 0 Å². The number of benzene rings is 1. The lowest BCUT2D eigenvalue weighted by molar-refractivity contribution is 0.0995. The third kappa shape index (κ3) is 3.60. The van der Waals surface area contributed by atoms with Gasteiger partial charge in [0.1, 0.15) is 12.0 Å². The number of piperidine rings is 1. The minimum atomic E-state index is -0.501. The molecule has 1 aliphatic rings. The largest absolute Gasteiger partial charge is 0.364 e. The van der Waals surface area contributed by atoms with Gasteiger partial charge >= 0.3 is 0 Å². The lowest BCUT2D eigenvalue weighted by Crippen LogP contribution is -2.35. The summed E-state index contributed by atoms with van der Waals surface area (Å²) in [5, 5.41) is 1.30. The van der Waals surface area contributed by atoms with E-state index in [1.54, 1.807) is 6.07 Å². The molecule has 4 rings (SSSR count). The van der Waals surface area contributed by atoms with E-state index in [1.165, 1.54) is 35.6 Å². The van der Waals surface area contributed by atoms with Crippen molar-refractivity contribution in [2.24, 2.45) is 11.7 Å². The predicted octanol–water partition coefficient (Wildman–Crippen LogP) is 2.51. The van der Waals surface area contributed by atoms with Crippen molar-refractivity contribution >= 4 is 16.8 Å². The molecule has 0 aliphatic carbocycles. The molecule has 134 valence electrons.